The zero-order valence-electron chi connectivity index (χ0n) is 14.8. The van der Waals surface area contributed by atoms with Gasteiger partial charge in [0.25, 0.3) is 5.91 Å². The maximum Gasteiger partial charge on any atom is 0.311 e. The predicted molar refractivity (Wildman–Crippen MR) is 95.3 cm³/mol. The number of aromatic nitrogens is 2. The molecule has 0 spiro atoms. The first-order valence-electron chi connectivity index (χ1n) is 8.15. The maximum absolute atomic E-state index is 12.1. The molecule has 1 N–H and O–H groups in total. The van der Waals surface area contributed by atoms with E-state index in [2.05, 4.69) is 10.4 Å². The molecule has 3 rings (SSSR count). The van der Waals surface area contributed by atoms with Crippen LogP contribution in [0, 0.1) is 17.0 Å². The Morgan fingerprint density at radius 1 is 1.33 bits per heavy atom. The molecular formula is C18H18N4O5. The van der Waals surface area contributed by atoms with E-state index in [4.69, 9.17) is 9.15 Å². The summed E-state index contributed by atoms with van der Waals surface area (Å²) in [6.07, 6.45) is 1.79. The fraction of sp³-hybridized carbons (Fsp3) is 0.222. The molecule has 9 heteroatoms. The number of benzene rings is 1. The number of furan rings is 1. The molecule has 9 nitrogen and oxygen atoms in total. The molecule has 0 aliphatic carbocycles. The number of ether oxygens (including phenoxy) is 1. The van der Waals surface area contributed by atoms with E-state index in [0.29, 0.717) is 5.76 Å². The van der Waals surface area contributed by atoms with Gasteiger partial charge in [-0.2, -0.15) is 5.10 Å². The van der Waals surface area contributed by atoms with Crippen molar-refractivity contribution in [3.05, 3.63) is 75.5 Å². The summed E-state index contributed by atoms with van der Waals surface area (Å²) in [4.78, 5) is 22.7. The Hall–Kier alpha value is -3.62. The quantitative estimate of drug-likeness (QED) is 0.505. The number of hydrogen-bond donors (Lipinski definition) is 1. The Morgan fingerprint density at radius 3 is 2.85 bits per heavy atom. The second-order valence-electron chi connectivity index (χ2n) is 5.95. The molecule has 0 bridgehead atoms. The van der Waals surface area contributed by atoms with Gasteiger partial charge >= 0.3 is 5.69 Å². The van der Waals surface area contributed by atoms with Gasteiger partial charge in [-0.25, -0.2) is 0 Å². The van der Waals surface area contributed by atoms with Gasteiger partial charge in [-0.05, 0) is 36.8 Å². The van der Waals surface area contributed by atoms with Crippen LogP contribution >= 0.6 is 0 Å². The molecule has 0 radical (unpaired) electrons. The van der Waals surface area contributed by atoms with Crippen molar-refractivity contribution in [2.75, 3.05) is 0 Å². The molecule has 1 amide bonds. The molecule has 0 saturated carbocycles. The summed E-state index contributed by atoms with van der Waals surface area (Å²) in [5.41, 5.74) is 1.38. The number of nitrogens with one attached hydrogen (secondary N) is 1. The van der Waals surface area contributed by atoms with E-state index < -0.39 is 4.92 Å². The van der Waals surface area contributed by atoms with E-state index in [1.54, 1.807) is 43.0 Å². The molecule has 2 heterocycles. The van der Waals surface area contributed by atoms with Crippen LogP contribution in [-0.4, -0.2) is 20.6 Å². The van der Waals surface area contributed by atoms with Crippen LogP contribution < -0.4 is 10.1 Å². The molecule has 1 aromatic carbocycles. The van der Waals surface area contributed by atoms with E-state index in [0.717, 1.165) is 11.3 Å². The number of hydrogen-bond acceptors (Lipinski definition) is 6. The average Bonchev–Trinajstić information content (AvgIpc) is 3.27. The Morgan fingerprint density at radius 2 is 2.15 bits per heavy atom. The fourth-order valence-electron chi connectivity index (χ4n) is 2.43. The summed E-state index contributed by atoms with van der Waals surface area (Å²) in [7, 11) is 1.79. The lowest BCUT2D eigenvalue weighted by atomic mass is 10.2. The first kappa shape index (κ1) is 18.2. The van der Waals surface area contributed by atoms with Crippen LogP contribution in [0.5, 0.6) is 5.75 Å². The molecule has 0 aliphatic heterocycles. The maximum atomic E-state index is 12.1. The standard InChI is InChI=1S/C18H18N4O5/c1-12-3-5-16(15(9-12)22(24)25)26-11-14-4-6-17(27-14)18(23)19-10-13-7-8-21(2)20-13/h3-9H,10-11H2,1-2H3,(H,19,23). The molecule has 0 fully saturated rings. The van der Waals surface area contributed by atoms with Crippen molar-refractivity contribution in [2.45, 2.75) is 20.1 Å². The third kappa shape index (κ3) is 4.51. The van der Waals surface area contributed by atoms with Crippen LogP contribution in [0.25, 0.3) is 0 Å². The van der Waals surface area contributed by atoms with Gasteiger partial charge in [0, 0.05) is 19.3 Å². The van der Waals surface area contributed by atoms with Crippen molar-refractivity contribution in [3.8, 4) is 5.75 Å². The second kappa shape index (κ2) is 7.73. The van der Waals surface area contributed by atoms with Crippen LogP contribution in [0.15, 0.2) is 47.0 Å². The third-order valence-corrected chi connectivity index (χ3v) is 3.77. The van der Waals surface area contributed by atoms with Crippen LogP contribution in [0.4, 0.5) is 5.69 Å². The molecule has 140 valence electrons. The van der Waals surface area contributed by atoms with Crippen molar-refractivity contribution in [1.29, 1.82) is 0 Å². The number of aryl methyl sites for hydroxylation is 2. The van der Waals surface area contributed by atoms with E-state index in [1.165, 1.54) is 18.2 Å². The van der Waals surface area contributed by atoms with Crippen LogP contribution in [0.3, 0.4) is 0 Å². The Balaban J connectivity index is 1.59. The zero-order valence-corrected chi connectivity index (χ0v) is 14.8. The van der Waals surface area contributed by atoms with Crippen LogP contribution in [-0.2, 0) is 20.2 Å². The molecule has 0 saturated heterocycles. The minimum absolute atomic E-state index is 0.0303. The summed E-state index contributed by atoms with van der Waals surface area (Å²) in [6, 6.07) is 9.62. The van der Waals surface area contributed by atoms with E-state index in [1.807, 2.05) is 0 Å². The highest BCUT2D eigenvalue weighted by molar-refractivity contribution is 5.91. The van der Waals surface area contributed by atoms with Crippen molar-refractivity contribution in [1.82, 2.24) is 15.1 Å². The van der Waals surface area contributed by atoms with E-state index >= 15 is 0 Å². The van der Waals surface area contributed by atoms with Gasteiger partial charge in [0.1, 0.15) is 12.4 Å². The lowest BCUT2D eigenvalue weighted by Gasteiger charge is -2.06. The number of carbonyl (C=O) groups is 1. The van der Waals surface area contributed by atoms with Gasteiger partial charge in [-0.3, -0.25) is 19.6 Å². The van der Waals surface area contributed by atoms with Gasteiger partial charge in [0.15, 0.2) is 11.5 Å². The van der Waals surface area contributed by atoms with Gasteiger partial charge in [-0.15, -0.1) is 0 Å². The second-order valence-corrected chi connectivity index (χ2v) is 5.95. The number of rotatable bonds is 7. The number of carbonyl (C=O) groups excluding carboxylic acids is 1. The molecule has 3 aromatic rings. The highest BCUT2D eigenvalue weighted by Gasteiger charge is 2.17. The summed E-state index contributed by atoms with van der Waals surface area (Å²) in [5.74, 6) is 0.271. The predicted octanol–water partition coefficient (Wildman–Crippen LogP) is 2.74. The Kier molecular flexibility index (Phi) is 5.20. The zero-order chi connectivity index (χ0) is 19.4. The van der Waals surface area contributed by atoms with Gasteiger partial charge in [0.05, 0.1) is 17.2 Å². The van der Waals surface area contributed by atoms with E-state index in [-0.39, 0.29) is 36.3 Å². The average molecular weight is 370 g/mol. The molecule has 2 aromatic heterocycles. The van der Waals surface area contributed by atoms with Crippen molar-refractivity contribution in [2.24, 2.45) is 7.05 Å². The van der Waals surface area contributed by atoms with Crippen LogP contribution in [0.2, 0.25) is 0 Å². The number of nitrogens with zero attached hydrogens (tertiary/aromatic N) is 3. The smallest absolute Gasteiger partial charge is 0.311 e. The minimum Gasteiger partial charge on any atom is -0.479 e. The van der Waals surface area contributed by atoms with Crippen molar-refractivity contribution in [3.63, 3.8) is 0 Å². The topological polar surface area (TPSA) is 112 Å². The summed E-state index contributed by atoms with van der Waals surface area (Å²) in [5, 5.41) is 18.0. The van der Waals surface area contributed by atoms with Crippen molar-refractivity contribution >= 4 is 11.6 Å². The monoisotopic (exact) mass is 370 g/mol. The fourth-order valence-corrected chi connectivity index (χ4v) is 2.43. The normalized spacial score (nSPS) is 10.6. The lowest BCUT2D eigenvalue weighted by Crippen LogP contribution is -2.22. The largest absolute Gasteiger partial charge is 0.479 e. The first-order valence-corrected chi connectivity index (χ1v) is 8.15. The van der Waals surface area contributed by atoms with Gasteiger partial charge in [-0.1, -0.05) is 6.07 Å². The molecule has 0 atom stereocenters. The number of amides is 1. The summed E-state index contributed by atoms with van der Waals surface area (Å²) in [6.45, 7) is 2.01. The summed E-state index contributed by atoms with van der Waals surface area (Å²) < 4.78 is 12.6. The summed E-state index contributed by atoms with van der Waals surface area (Å²) >= 11 is 0. The molecule has 0 unspecified atom stereocenters. The Labute approximate surface area is 154 Å². The molecule has 27 heavy (non-hydrogen) atoms. The van der Waals surface area contributed by atoms with E-state index in [9.17, 15) is 14.9 Å². The van der Waals surface area contributed by atoms with Crippen molar-refractivity contribution < 1.29 is 18.9 Å². The molecule has 0 aliphatic rings. The van der Waals surface area contributed by atoms with Gasteiger partial charge < -0.3 is 14.5 Å². The number of nitro groups is 1. The highest BCUT2D eigenvalue weighted by Crippen LogP contribution is 2.28. The number of nitro benzene ring substituents is 1. The van der Waals surface area contributed by atoms with Gasteiger partial charge in [0.2, 0.25) is 0 Å². The minimum atomic E-state index is -0.499. The lowest BCUT2D eigenvalue weighted by molar-refractivity contribution is -0.386. The SMILES string of the molecule is Cc1ccc(OCc2ccc(C(=O)NCc3ccn(C)n3)o2)c([N+](=O)[O-])c1. The molecular weight excluding hydrogens is 352 g/mol. The van der Waals surface area contributed by atoms with Crippen LogP contribution in [0.1, 0.15) is 27.6 Å². The third-order valence-electron chi connectivity index (χ3n) is 3.77. The highest BCUT2D eigenvalue weighted by atomic mass is 16.6. The first-order chi connectivity index (χ1) is 12.9. The Bertz CT molecular complexity index is 976.